The van der Waals surface area contributed by atoms with E-state index in [1.54, 1.807) is 18.2 Å². The molecule has 37 heavy (non-hydrogen) atoms. The molecular weight excluding hydrogens is 499 g/mol. The summed E-state index contributed by atoms with van der Waals surface area (Å²) in [5, 5.41) is 9.32. The van der Waals surface area contributed by atoms with Crippen molar-refractivity contribution in [2.75, 3.05) is 13.2 Å². The van der Waals surface area contributed by atoms with E-state index in [4.69, 9.17) is 13.9 Å². The molecule has 0 saturated heterocycles. The van der Waals surface area contributed by atoms with Gasteiger partial charge in [0.1, 0.15) is 42.2 Å². The Bertz CT molecular complexity index is 1610. The summed E-state index contributed by atoms with van der Waals surface area (Å²) >= 11 is 0. The number of ether oxygens (including phenoxy) is 2. The molecule has 3 heterocycles. The first-order valence-corrected chi connectivity index (χ1v) is 10.8. The monoisotopic (exact) mass is 514 g/mol. The summed E-state index contributed by atoms with van der Waals surface area (Å²) < 4.78 is 86.6. The van der Waals surface area contributed by atoms with Gasteiger partial charge in [-0.15, -0.1) is 0 Å². The summed E-state index contributed by atoms with van der Waals surface area (Å²) in [7, 11) is 0. The number of hydrogen-bond acceptors (Lipinski definition) is 5. The van der Waals surface area contributed by atoms with Crippen LogP contribution in [0.5, 0.6) is 11.5 Å². The molecule has 0 aliphatic carbocycles. The van der Waals surface area contributed by atoms with Crippen LogP contribution in [0, 0.1) is 23.0 Å². The minimum atomic E-state index is -5.02. The van der Waals surface area contributed by atoms with Gasteiger partial charge in [0.2, 0.25) is 0 Å². The van der Waals surface area contributed by atoms with Gasteiger partial charge >= 0.3 is 6.18 Å². The van der Waals surface area contributed by atoms with E-state index in [1.165, 1.54) is 18.2 Å². The number of benzene rings is 2. The second kappa shape index (κ2) is 9.13. The zero-order valence-electron chi connectivity index (χ0n) is 18.7. The van der Waals surface area contributed by atoms with E-state index >= 15 is 0 Å². The molecule has 1 aliphatic rings. The van der Waals surface area contributed by atoms with Gasteiger partial charge in [-0.05, 0) is 42.5 Å². The lowest BCUT2D eigenvalue weighted by atomic mass is 10.1. The summed E-state index contributed by atoms with van der Waals surface area (Å²) in [6.07, 6.45) is -5.02. The van der Waals surface area contributed by atoms with E-state index in [1.807, 2.05) is 0 Å². The first kappa shape index (κ1) is 24.1. The normalized spacial score (nSPS) is 12.9. The highest BCUT2D eigenvalue weighted by Gasteiger charge is 2.37. The SMILES string of the molecule is N#Cc1c(C(F)(F)F)cc(-c2ccc(-c3ccc4c(c3)OCCO4)o2)n(Cc2ccc(F)cc2F)c1=O. The first-order valence-electron chi connectivity index (χ1n) is 10.8. The van der Waals surface area contributed by atoms with Gasteiger partial charge < -0.3 is 13.9 Å². The average molecular weight is 514 g/mol. The molecule has 4 aromatic rings. The Hall–Kier alpha value is -4.59. The Balaban J connectivity index is 1.66. The highest BCUT2D eigenvalue weighted by atomic mass is 19.4. The van der Waals surface area contributed by atoms with Crippen LogP contribution >= 0.6 is 0 Å². The third kappa shape index (κ3) is 4.53. The molecule has 5 rings (SSSR count). The number of furan rings is 1. The molecule has 2 aromatic heterocycles. The molecule has 0 N–H and O–H groups in total. The minimum Gasteiger partial charge on any atom is -0.486 e. The molecule has 0 spiro atoms. The Labute approximate surface area is 205 Å². The van der Waals surface area contributed by atoms with Gasteiger partial charge in [0.15, 0.2) is 17.3 Å². The third-order valence-electron chi connectivity index (χ3n) is 5.75. The van der Waals surface area contributed by atoms with Crippen LogP contribution in [0.4, 0.5) is 22.0 Å². The smallest absolute Gasteiger partial charge is 0.417 e. The van der Waals surface area contributed by atoms with Crippen LogP contribution in [-0.2, 0) is 12.7 Å². The second-order valence-electron chi connectivity index (χ2n) is 8.08. The summed E-state index contributed by atoms with van der Waals surface area (Å²) in [5.41, 5.74) is -3.90. The molecule has 0 radical (unpaired) electrons. The summed E-state index contributed by atoms with van der Waals surface area (Å²) in [6, 6.07) is 12.3. The van der Waals surface area contributed by atoms with Crippen LogP contribution in [0.3, 0.4) is 0 Å². The zero-order valence-corrected chi connectivity index (χ0v) is 18.7. The standard InChI is InChI=1S/C26H15F5N2O4/c27-16-3-1-15(19(28)10-16)13-33-20(11-18(26(29,30)31)17(12-32)25(33)34)22-6-5-21(37-22)14-2-4-23-24(9-14)36-8-7-35-23/h1-6,9-11H,7-8,13H2. The van der Waals surface area contributed by atoms with Crippen molar-refractivity contribution >= 4 is 0 Å². The molecule has 0 unspecified atom stereocenters. The molecule has 2 aromatic carbocycles. The van der Waals surface area contributed by atoms with Crippen molar-refractivity contribution in [3.63, 3.8) is 0 Å². The Morgan fingerprint density at radius 3 is 2.35 bits per heavy atom. The number of nitrogens with zero attached hydrogens (tertiary/aromatic N) is 2. The van der Waals surface area contributed by atoms with E-state index in [9.17, 15) is 32.0 Å². The quantitative estimate of drug-likeness (QED) is 0.324. The van der Waals surface area contributed by atoms with Crippen molar-refractivity contribution in [1.29, 1.82) is 5.26 Å². The maximum atomic E-state index is 14.4. The van der Waals surface area contributed by atoms with Gasteiger partial charge in [0.25, 0.3) is 5.56 Å². The molecule has 1 aliphatic heterocycles. The number of pyridine rings is 1. The van der Waals surface area contributed by atoms with E-state index < -0.39 is 41.0 Å². The van der Waals surface area contributed by atoms with Crippen LogP contribution in [0.2, 0.25) is 0 Å². The van der Waals surface area contributed by atoms with E-state index in [0.29, 0.717) is 42.4 Å². The number of aromatic nitrogens is 1. The van der Waals surface area contributed by atoms with Crippen LogP contribution < -0.4 is 15.0 Å². The third-order valence-corrected chi connectivity index (χ3v) is 5.75. The fourth-order valence-electron chi connectivity index (χ4n) is 3.99. The molecular formula is C26H15F5N2O4. The highest BCUT2D eigenvalue weighted by molar-refractivity contribution is 5.67. The molecule has 0 fully saturated rings. The predicted octanol–water partition coefficient (Wildman–Crippen LogP) is 5.76. The number of rotatable bonds is 4. The molecule has 0 saturated carbocycles. The van der Waals surface area contributed by atoms with Crippen LogP contribution in [0.25, 0.3) is 22.8 Å². The lowest BCUT2D eigenvalue weighted by Crippen LogP contribution is -2.29. The van der Waals surface area contributed by atoms with Crippen molar-refractivity contribution in [2.24, 2.45) is 0 Å². The van der Waals surface area contributed by atoms with E-state index in [0.717, 1.165) is 16.7 Å². The van der Waals surface area contributed by atoms with Crippen LogP contribution in [-0.4, -0.2) is 17.8 Å². The van der Waals surface area contributed by atoms with Crippen molar-refractivity contribution in [3.8, 4) is 40.3 Å². The Kier molecular flexibility index (Phi) is 5.95. The van der Waals surface area contributed by atoms with Crippen LogP contribution in [0.1, 0.15) is 16.7 Å². The fourth-order valence-corrected chi connectivity index (χ4v) is 3.99. The van der Waals surface area contributed by atoms with Gasteiger partial charge in [-0.1, -0.05) is 6.07 Å². The number of alkyl halides is 3. The molecule has 6 nitrogen and oxygen atoms in total. The van der Waals surface area contributed by atoms with E-state index in [-0.39, 0.29) is 22.8 Å². The number of halogens is 5. The molecule has 188 valence electrons. The number of hydrogen-bond donors (Lipinski definition) is 0. The Morgan fingerprint density at radius 1 is 0.919 bits per heavy atom. The van der Waals surface area contributed by atoms with Crippen molar-refractivity contribution in [2.45, 2.75) is 12.7 Å². The maximum Gasteiger partial charge on any atom is 0.417 e. The maximum absolute atomic E-state index is 14.4. The van der Waals surface area contributed by atoms with E-state index in [2.05, 4.69) is 0 Å². The largest absolute Gasteiger partial charge is 0.486 e. The zero-order chi connectivity index (χ0) is 26.3. The topological polar surface area (TPSA) is 77.4 Å². The minimum absolute atomic E-state index is 0.139. The summed E-state index contributed by atoms with van der Waals surface area (Å²) in [4.78, 5) is 13.1. The lowest BCUT2D eigenvalue weighted by Gasteiger charge is -2.18. The lowest BCUT2D eigenvalue weighted by molar-refractivity contribution is -0.137. The van der Waals surface area contributed by atoms with Gasteiger partial charge in [-0.25, -0.2) is 8.78 Å². The summed E-state index contributed by atoms with van der Waals surface area (Å²) in [6.45, 7) is 0.161. The highest BCUT2D eigenvalue weighted by Crippen LogP contribution is 2.38. The second-order valence-corrected chi connectivity index (χ2v) is 8.08. The Morgan fingerprint density at radius 2 is 1.65 bits per heavy atom. The van der Waals surface area contributed by atoms with Gasteiger partial charge in [-0.2, -0.15) is 18.4 Å². The van der Waals surface area contributed by atoms with Crippen molar-refractivity contribution < 1.29 is 35.8 Å². The van der Waals surface area contributed by atoms with Gasteiger partial charge in [0, 0.05) is 17.2 Å². The van der Waals surface area contributed by atoms with Gasteiger partial charge in [-0.3, -0.25) is 9.36 Å². The van der Waals surface area contributed by atoms with Crippen molar-refractivity contribution in [1.82, 2.24) is 4.57 Å². The fraction of sp³-hybridized carbons (Fsp3) is 0.154. The van der Waals surface area contributed by atoms with Gasteiger partial charge in [0.05, 0.1) is 17.8 Å². The summed E-state index contributed by atoms with van der Waals surface area (Å²) in [5.74, 6) is -0.778. The van der Waals surface area contributed by atoms with Crippen molar-refractivity contribution in [3.05, 3.63) is 93.3 Å². The molecule has 0 amide bonds. The molecule has 0 bridgehead atoms. The average Bonchev–Trinajstić information content (AvgIpc) is 3.35. The number of fused-ring (bicyclic) bond motifs is 1. The molecule has 0 atom stereocenters. The first-order chi connectivity index (χ1) is 17.7. The predicted molar refractivity (Wildman–Crippen MR) is 120 cm³/mol. The molecule has 11 heteroatoms. The number of nitriles is 1. The van der Waals surface area contributed by atoms with Crippen LogP contribution in [0.15, 0.2) is 63.8 Å².